The zero-order valence-corrected chi connectivity index (χ0v) is 19.5. The summed E-state index contributed by atoms with van der Waals surface area (Å²) in [5.41, 5.74) is 0. The second kappa shape index (κ2) is 10.5. The number of thiazole rings is 1. The molecule has 1 saturated carbocycles. The molecule has 2 aromatic rings. The predicted molar refractivity (Wildman–Crippen MR) is 118 cm³/mol. The lowest BCUT2D eigenvalue weighted by molar-refractivity contribution is -0.155. The number of nitrogens with zero attached hydrogens (tertiary/aromatic N) is 2. The minimum Gasteiger partial charge on any atom is -0.451 e. The molecule has 1 fully saturated rings. The predicted octanol–water partition coefficient (Wildman–Crippen LogP) is 3.25. The summed E-state index contributed by atoms with van der Waals surface area (Å²) in [4.78, 5) is 31.0. The maximum absolute atomic E-state index is 13.9. The van der Waals surface area contributed by atoms with Crippen LogP contribution in [0, 0.1) is 5.82 Å². The molecule has 1 aliphatic rings. The van der Waals surface area contributed by atoms with Crippen LogP contribution in [0.4, 0.5) is 9.52 Å². The van der Waals surface area contributed by atoms with Crippen molar-refractivity contribution >= 4 is 38.4 Å². The fourth-order valence-corrected chi connectivity index (χ4v) is 5.62. The van der Waals surface area contributed by atoms with E-state index in [0.717, 1.165) is 44.2 Å². The van der Waals surface area contributed by atoms with Crippen LogP contribution in [-0.2, 0) is 24.3 Å². The van der Waals surface area contributed by atoms with Crippen LogP contribution in [0.25, 0.3) is 0 Å². The molecule has 1 amide bonds. The van der Waals surface area contributed by atoms with E-state index in [1.54, 1.807) is 16.5 Å². The topological polar surface area (TPSA) is 106 Å². The van der Waals surface area contributed by atoms with Crippen LogP contribution in [0.3, 0.4) is 0 Å². The third-order valence-electron chi connectivity index (χ3n) is 5.25. The molecule has 0 spiro atoms. The first-order valence-electron chi connectivity index (χ1n) is 10.4. The monoisotopic (exact) mass is 483 g/mol. The van der Waals surface area contributed by atoms with E-state index in [4.69, 9.17) is 4.74 Å². The second-order valence-electron chi connectivity index (χ2n) is 7.67. The van der Waals surface area contributed by atoms with Gasteiger partial charge in [-0.15, -0.1) is 11.3 Å². The quantitative estimate of drug-likeness (QED) is 0.578. The molecule has 0 aliphatic heterocycles. The number of hydrogen-bond donors (Lipinski definition) is 1. The molecule has 0 saturated heterocycles. The number of halogens is 1. The number of sulfonamides is 1. The van der Waals surface area contributed by atoms with E-state index in [9.17, 15) is 22.4 Å². The largest absolute Gasteiger partial charge is 0.451 e. The molecule has 3 rings (SSSR count). The van der Waals surface area contributed by atoms with Gasteiger partial charge in [-0.1, -0.05) is 31.4 Å². The van der Waals surface area contributed by atoms with Crippen LogP contribution in [0.1, 0.15) is 46.0 Å². The van der Waals surface area contributed by atoms with Crippen molar-refractivity contribution in [3.8, 4) is 0 Å². The number of carbonyl (C=O) groups is 2. The minimum atomic E-state index is -4.29. The lowest BCUT2D eigenvalue weighted by Crippen LogP contribution is -2.48. The highest BCUT2D eigenvalue weighted by atomic mass is 32.2. The Morgan fingerprint density at radius 1 is 1.22 bits per heavy atom. The highest BCUT2D eigenvalue weighted by molar-refractivity contribution is 7.89. The molecule has 8 nitrogen and oxygen atoms in total. The number of ether oxygens (including phenoxy) is 1. The average Bonchev–Trinajstić information content (AvgIpc) is 3.28. The Morgan fingerprint density at radius 3 is 2.53 bits per heavy atom. The highest BCUT2D eigenvalue weighted by Crippen LogP contribution is 2.29. The molecule has 0 radical (unpaired) electrons. The van der Waals surface area contributed by atoms with Crippen LogP contribution in [0.2, 0.25) is 0 Å². The Hall–Kier alpha value is -2.37. The van der Waals surface area contributed by atoms with E-state index in [-0.39, 0.29) is 6.04 Å². The van der Waals surface area contributed by atoms with Gasteiger partial charge in [0.05, 0.1) is 0 Å². The second-order valence-corrected chi connectivity index (χ2v) is 10.2. The highest BCUT2D eigenvalue weighted by Gasteiger charge is 2.34. The summed E-state index contributed by atoms with van der Waals surface area (Å²) < 4.78 is 46.1. The van der Waals surface area contributed by atoms with Crippen molar-refractivity contribution in [3.05, 3.63) is 41.7 Å². The summed E-state index contributed by atoms with van der Waals surface area (Å²) in [5, 5.41) is 2.31. The lowest BCUT2D eigenvalue weighted by Gasteiger charge is -2.34. The van der Waals surface area contributed by atoms with Crippen molar-refractivity contribution in [2.45, 2.75) is 69.0 Å². The van der Waals surface area contributed by atoms with E-state index in [0.29, 0.717) is 5.13 Å². The molecule has 1 N–H and O–H groups in total. The van der Waals surface area contributed by atoms with Crippen LogP contribution in [0.5, 0.6) is 0 Å². The summed E-state index contributed by atoms with van der Waals surface area (Å²) in [7, 11) is -4.29. The van der Waals surface area contributed by atoms with Gasteiger partial charge in [0.25, 0.3) is 5.91 Å². The number of rotatable bonds is 8. The number of amides is 1. The van der Waals surface area contributed by atoms with Gasteiger partial charge in [-0.2, -0.15) is 4.72 Å². The first-order chi connectivity index (χ1) is 15.2. The Balaban J connectivity index is 1.68. The van der Waals surface area contributed by atoms with Crippen LogP contribution >= 0.6 is 11.3 Å². The van der Waals surface area contributed by atoms with Gasteiger partial charge in [-0.3, -0.25) is 14.5 Å². The molecule has 0 bridgehead atoms. The summed E-state index contributed by atoms with van der Waals surface area (Å²) in [5.74, 6) is -2.28. The third kappa shape index (κ3) is 5.70. The SMILES string of the molecule is CC(NS(=O)(=O)c1ccccc1F)C(=O)OC(C)C(=O)N(c1nccs1)C1CCCCC1. The van der Waals surface area contributed by atoms with Crippen molar-refractivity contribution < 1.29 is 27.1 Å². The van der Waals surface area contributed by atoms with Gasteiger partial charge in [0, 0.05) is 17.6 Å². The van der Waals surface area contributed by atoms with Crippen LogP contribution in [0.15, 0.2) is 40.7 Å². The Morgan fingerprint density at radius 2 is 1.91 bits per heavy atom. The maximum Gasteiger partial charge on any atom is 0.324 e. The van der Waals surface area contributed by atoms with E-state index in [1.165, 1.54) is 37.3 Å². The summed E-state index contributed by atoms with van der Waals surface area (Å²) in [6.45, 7) is 2.72. The van der Waals surface area contributed by atoms with Gasteiger partial charge in [0.15, 0.2) is 11.2 Å². The minimum absolute atomic E-state index is 0.0273. The van der Waals surface area contributed by atoms with Gasteiger partial charge in [-0.05, 0) is 38.8 Å². The van der Waals surface area contributed by atoms with Crippen molar-refractivity contribution in [1.82, 2.24) is 9.71 Å². The Labute approximate surface area is 190 Å². The lowest BCUT2D eigenvalue weighted by atomic mass is 9.94. The first-order valence-corrected chi connectivity index (χ1v) is 12.8. The van der Waals surface area contributed by atoms with Crippen molar-refractivity contribution in [3.63, 3.8) is 0 Å². The smallest absolute Gasteiger partial charge is 0.324 e. The molecule has 32 heavy (non-hydrogen) atoms. The fraction of sp³-hybridized carbons (Fsp3) is 0.476. The van der Waals surface area contributed by atoms with Crippen LogP contribution < -0.4 is 9.62 Å². The van der Waals surface area contributed by atoms with Gasteiger partial charge in [0.1, 0.15) is 16.8 Å². The molecule has 1 aromatic carbocycles. The van der Waals surface area contributed by atoms with Crippen LogP contribution in [-0.4, -0.2) is 43.5 Å². The molecular formula is C21H26FN3O5S2. The standard InChI is InChI=1S/C21H26FN3O5S2/c1-14(24-32(28,29)18-11-7-6-10-17(18)22)20(27)30-15(2)19(26)25(21-23-12-13-31-21)16-8-4-3-5-9-16/h6-7,10-16,24H,3-5,8-9H2,1-2H3. The van der Waals surface area contributed by atoms with E-state index in [1.807, 2.05) is 0 Å². The molecule has 174 valence electrons. The summed E-state index contributed by atoms with van der Waals surface area (Å²) in [6, 6.07) is 3.49. The normalized spacial score (nSPS) is 16.8. The number of aromatic nitrogens is 1. The molecular weight excluding hydrogens is 457 g/mol. The van der Waals surface area contributed by atoms with Crippen molar-refractivity contribution in [1.29, 1.82) is 0 Å². The number of carbonyl (C=O) groups excluding carboxylic acids is 2. The molecule has 1 heterocycles. The van der Waals surface area contributed by atoms with Gasteiger partial charge < -0.3 is 4.74 Å². The number of nitrogens with one attached hydrogen (secondary N) is 1. The fourth-order valence-electron chi connectivity index (χ4n) is 3.63. The summed E-state index contributed by atoms with van der Waals surface area (Å²) in [6.07, 6.45) is 5.26. The van der Waals surface area contributed by atoms with Crippen molar-refractivity contribution in [2.75, 3.05) is 4.90 Å². The van der Waals surface area contributed by atoms with E-state index in [2.05, 4.69) is 9.71 Å². The molecule has 1 aliphatic carbocycles. The number of benzene rings is 1. The van der Waals surface area contributed by atoms with Gasteiger partial charge in [0.2, 0.25) is 10.0 Å². The first kappa shape index (κ1) is 24.3. The van der Waals surface area contributed by atoms with Gasteiger partial charge >= 0.3 is 5.97 Å². The number of hydrogen-bond acceptors (Lipinski definition) is 7. The van der Waals surface area contributed by atoms with E-state index < -0.39 is 44.8 Å². The maximum atomic E-state index is 13.9. The number of esters is 1. The Kier molecular flexibility index (Phi) is 7.96. The van der Waals surface area contributed by atoms with Gasteiger partial charge in [-0.25, -0.2) is 17.8 Å². The third-order valence-corrected chi connectivity index (χ3v) is 7.60. The zero-order valence-electron chi connectivity index (χ0n) is 17.9. The zero-order chi connectivity index (χ0) is 23.3. The molecule has 11 heteroatoms. The molecule has 1 aromatic heterocycles. The number of anilines is 1. The average molecular weight is 484 g/mol. The molecule has 2 atom stereocenters. The molecule has 2 unspecified atom stereocenters. The van der Waals surface area contributed by atoms with Crippen molar-refractivity contribution in [2.24, 2.45) is 0 Å². The Bertz CT molecular complexity index is 1040. The van der Waals surface area contributed by atoms with E-state index >= 15 is 0 Å². The summed E-state index contributed by atoms with van der Waals surface area (Å²) >= 11 is 1.33.